The molecule has 7 heteroatoms. The molecule has 2 amide bonds. The molecule has 118 valence electrons. The van der Waals surface area contributed by atoms with E-state index in [2.05, 4.69) is 5.10 Å². The van der Waals surface area contributed by atoms with Gasteiger partial charge in [-0.1, -0.05) is 18.2 Å². The van der Waals surface area contributed by atoms with Gasteiger partial charge in [0.05, 0.1) is 18.0 Å². The van der Waals surface area contributed by atoms with Crippen molar-refractivity contribution in [3.63, 3.8) is 0 Å². The van der Waals surface area contributed by atoms with Gasteiger partial charge >= 0.3 is 6.03 Å². The minimum atomic E-state index is -0.355. The molecule has 0 unspecified atom stereocenters. The Morgan fingerprint density at radius 2 is 1.83 bits per heavy atom. The molecule has 1 heterocycles. The van der Waals surface area contributed by atoms with Crippen LogP contribution in [0, 0.1) is 11.3 Å². The maximum atomic E-state index is 12.2. The van der Waals surface area contributed by atoms with Crippen molar-refractivity contribution in [2.45, 2.75) is 0 Å². The molecular weight excluding hydrogens is 294 g/mol. The van der Waals surface area contributed by atoms with Crippen LogP contribution in [-0.4, -0.2) is 58.7 Å². The Hall–Kier alpha value is -3.14. The Balaban J connectivity index is 1.91. The fourth-order valence-corrected chi connectivity index (χ4v) is 1.96. The number of likely N-dealkylation sites (N-methyl/N-ethyl adjacent to an activating group) is 2. The first-order chi connectivity index (χ1) is 11.0. The Labute approximate surface area is 134 Å². The zero-order valence-electron chi connectivity index (χ0n) is 13.0. The second-order valence-electron chi connectivity index (χ2n) is 5.08. The van der Waals surface area contributed by atoms with E-state index in [1.807, 2.05) is 12.1 Å². The summed E-state index contributed by atoms with van der Waals surface area (Å²) in [6.07, 6.45) is 2.70. The first-order valence-electron chi connectivity index (χ1n) is 7.03. The lowest BCUT2D eigenvalue weighted by molar-refractivity contribution is 0.0785. The predicted octanol–water partition coefficient (Wildman–Crippen LogP) is 1.43. The molecule has 1 aromatic carbocycles. The average molecular weight is 311 g/mol. The molecule has 0 fully saturated rings. The van der Waals surface area contributed by atoms with Gasteiger partial charge < -0.3 is 9.80 Å². The summed E-state index contributed by atoms with van der Waals surface area (Å²) in [6.45, 7) is 0.748. The highest BCUT2D eigenvalue weighted by molar-refractivity contribution is 5.94. The zero-order valence-corrected chi connectivity index (χ0v) is 13.0. The van der Waals surface area contributed by atoms with Crippen molar-refractivity contribution in [3.05, 3.63) is 53.9 Å². The highest BCUT2D eigenvalue weighted by Crippen LogP contribution is 2.03. The normalized spacial score (nSPS) is 9.96. The van der Waals surface area contributed by atoms with E-state index in [-0.39, 0.29) is 11.9 Å². The topological polar surface area (TPSA) is 82.2 Å². The highest BCUT2D eigenvalue weighted by atomic mass is 16.2. The lowest BCUT2D eigenvalue weighted by atomic mass is 10.2. The van der Waals surface area contributed by atoms with Gasteiger partial charge in [0.25, 0.3) is 5.91 Å². The van der Waals surface area contributed by atoms with Crippen LogP contribution in [0.25, 0.3) is 0 Å². The van der Waals surface area contributed by atoms with Crippen LogP contribution in [0.1, 0.15) is 15.9 Å². The first kappa shape index (κ1) is 16.2. The van der Waals surface area contributed by atoms with Crippen LogP contribution in [0.15, 0.2) is 42.7 Å². The molecule has 0 aliphatic carbocycles. The second kappa shape index (κ2) is 7.22. The molecule has 0 spiro atoms. The second-order valence-corrected chi connectivity index (χ2v) is 5.08. The Morgan fingerprint density at radius 3 is 2.43 bits per heavy atom. The number of nitrogens with zero attached hydrogens (tertiary/aromatic N) is 5. The number of aromatic nitrogens is 2. The lowest BCUT2D eigenvalue weighted by Gasteiger charge is -2.22. The number of carbonyl (C=O) groups excluding carboxylic acids is 2. The number of nitriles is 1. The van der Waals surface area contributed by atoms with Crippen LogP contribution in [0.5, 0.6) is 0 Å². The molecule has 0 atom stereocenters. The molecule has 23 heavy (non-hydrogen) atoms. The third kappa shape index (κ3) is 3.95. The van der Waals surface area contributed by atoms with Gasteiger partial charge in [0.2, 0.25) is 0 Å². The van der Waals surface area contributed by atoms with Crippen molar-refractivity contribution in [1.29, 1.82) is 5.26 Å². The van der Waals surface area contributed by atoms with Gasteiger partial charge in [0, 0.05) is 32.7 Å². The fraction of sp³-hybridized carbons (Fsp3) is 0.250. The molecular formula is C16H17N5O2. The molecule has 0 aliphatic rings. The highest BCUT2D eigenvalue weighted by Gasteiger charge is 2.15. The standard InChI is InChI=1S/C16H17N5O2/c1-19(15(22)14-6-4-3-5-7-14)8-9-20(2)16(23)21-12-13(10-17)11-18-21/h3-7,11-12H,8-9H2,1-2H3. The van der Waals surface area contributed by atoms with E-state index in [1.54, 1.807) is 43.3 Å². The minimum absolute atomic E-state index is 0.0997. The van der Waals surface area contributed by atoms with Gasteiger partial charge in [-0.3, -0.25) is 4.79 Å². The molecule has 0 radical (unpaired) electrons. The zero-order chi connectivity index (χ0) is 16.8. The van der Waals surface area contributed by atoms with Gasteiger partial charge in [-0.05, 0) is 12.1 Å². The van der Waals surface area contributed by atoms with Gasteiger partial charge in [0.1, 0.15) is 6.07 Å². The summed E-state index contributed by atoms with van der Waals surface area (Å²) in [4.78, 5) is 27.4. The van der Waals surface area contributed by atoms with E-state index in [0.29, 0.717) is 24.2 Å². The number of carbonyl (C=O) groups is 2. The van der Waals surface area contributed by atoms with Crippen LogP contribution in [0.2, 0.25) is 0 Å². The summed E-state index contributed by atoms with van der Waals surface area (Å²) in [5, 5.41) is 12.6. The van der Waals surface area contributed by atoms with Crippen LogP contribution in [0.4, 0.5) is 4.79 Å². The molecule has 0 saturated carbocycles. The van der Waals surface area contributed by atoms with E-state index in [9.17, 15) is 9.59 Å². The molecule has 7 nitrogen and oxygen atoms in total. The van der Waals surface area contributed by atoms with E-state index < -0.39 is 0 Å². The van der Waals surface area contributed by atoms with E-state index in [1.165, 1.54) is 17.3 Å². The summed E-state index contributed by atoms with van der Waals surface area (Å²) in [5.41, 5.74) is 0.929. The van der Waals surface area contributed by atoms with Crippen molar-refractivity contribution < 1.29 is 9.59 Å². The van der Waals surface area contributed by atoms with Gasteiger partial charge in [-0.15, -0.1) is 0 Å². The molecule has 0 bridgehead atoms. The number of rotatable bonds is 4. The largest absolute Gasteiger partial charge is 0.344 e. The van der Waals surface area contributed by atoms with Gasteiger partial charge in [-0.2, -0.15) is 15.0 Å². The van der Waals surface area contributed by atoms with E-state index >= 15 is 0 Å². The molecule has 2 rings (SSSR count). The monoisotopic (exact) mass is 311 g/mol. The maximum absolute atomic E-state index is 12.2. The summed E-state index contributed by atoms with van der Waals surface area (Å²) < 4.78 is 1.11. The smallest absolute Gasteiger partial charge is 0.340 e. The molecule has 0 N–H and O–H groups in total. The molecule has 0 aliphatic heterocycles. The van der Waals surface area contributed by atoms with Crippen LogP contribution in [0.3, 0.4) is 0 Å². The number of hydrogen-bond donors (Lipinski definition) is 0. The van der Waals surface area contributed by atoms with Gasteiger partial charge in [0.15, 0.2) is 0 Å². The van der Waals surface area contributed by atoms with Crippen LogP contribution in [-0.2, 0) is 0 Å². The number of amides is 2. The third-order valence-electron chi connectivity index (χ3n) is 3.37. The van der Waals surface area contributed by atoms with Crippen molar-refractivity contribution in [2.24, 2.45) is 0 Å². The third-order valence-corrected chi connectivity index (χ3v) is 3.37. The van der Waals surface area contributed by atoms with E-state index in [4.69, 9.17) is 5.26 Å². The molecule has 0 saturated heterocycles. The lowest BCUT2D eigenvalue weighted by Crippen LogP contribution is -2.39. The van der Waals surface area contributed by atoms with Crippen molar-refractivity contribution in [3.8, 4) is 6.07 Å². The summed E-state index contributed by atoms with van der Waals surface area (Å²) in [5.74, 6) is -0.0997. The summed E-state index contributed by atoms with van der Waals surface area (Å²) in [7, 11) is 3.31. The Morgan fingerprint density at radius 1 is 1.17 bits per heavy atom. The van der Waals surface area contributed by atoms with Crippen molar-refractivity contribution in [2.75, 3.05) is 27.2 Å². The Bertz CT molecular complexity index is 732. The quantitative estimate of drug-likeness (QED) is 0.855. The minimum Gasteiger partial charge on any atom is -0.340 e. The number of benzene rings is 1. The predicted molar refractivity (Wildman–Crippen MR) is 83.8 cm³/mol. The summed E-state index contributed by atoms with van der Waals surface area (Å²) in [6, 6.07) is 10.5. The van der Waals surface area contributed by atoms with Crippen molar-refractivity contribution >= 4 is 11.9 Å². The average Bonchev–Trinajstić information content (AvgIpc) is 3.07. The maximum Gasteiger partial charge on any atom is 0.344 e. The molecule has 1 aromatic heterocycles. The summed E-state index contributed by atoms with van der Waals surface area (Å²) >= 11 is 0. The SMILES string of the molecule is CN(CCN(C)C(=O)n1cc(C#N)cn1)C(=O)c1ccccc1. The fourth-order valence-electron chi connectivity index (χ4n) is 1.96. The van der Waals surface area contributed by atoms with Crippen molar-refractivity contribution in [1.82, 2.24) is 19.6 Å². The van der Waals surface area contributed by atoms with Crippen LogP contribution >= 0.6 is 0 Å². The molecule has 2 aromatic rings. The Kier molecular flexibility index (Phi) is 5.10. The van der Waals surface area contributed by atoms with E-state index in [0.717, 1.165) is 4.68 Å². The van der Waals surface area contributed by atoms with Gasteiger partial charge in [-0.25, -0.2) is 4.79 Å². The van der Waals surface area contributed by atoms with Crippen LogP contribution < -0.4 is 0 Å². The number of hydrogen-bond acceptors (Lipinski definition) is 4. The first-order valence-corrected chi connectivity index (χ1v) is 7.03.